The molecule has 4 heterocycles. The Labute approximate surface area is 337 Å². The molecule has 1 saturated carbocycles. The van der Waals surface area contributed by atoms with Gasteiger partial charge in [-0.15, -0.1) is 0 Å². The Morgan fingerprint density at radius 1 is 0.898 bits per heavy atom. The van der Waals surface area contributed by atoms with E-state index in [1.54, 1.807) is 77.4 Å². The van der Waals surface area contributed by atoms with Gasteiger partial charge in [0.1, 0.15) is 35.5 Å². The van der Waals surface area contributed by atoms with Gasteiger partial charge in [-0.25, -0.2) is 14.6 Å². The summed E-state index contributed by atoms with van der Waals surface area (Å²) < 4.78 is 1.60. The zero-order valence-electron chi connectivity index (χ0n) is 31.6. The summed E-state index contributed by atoms with van der Waals surface area (Å²) in [5, 5.41) is 73.6. The molecule has 3 aliphatic rings. The van der Waals surface area contributed by atoms with Crippen molar-refractivity contribution in [1.82, 2.24) is 40.4 Å². The molecule has 2 unspecified atom stereocenters. The molecule has 2 saturated heterocycles. The molecule has 59 heavy (non-hydrogen) atoms. The van der Waals surface area contributed by atoms with Gasteiger partial charge in [0.05, 0.1) is 25.0 Å². The van der Waals surface area contributed by atoms with Gasteiger partial charge in [0.25, 0.3) is 5.91 Å². The molecule has 10 N–H and O–H groups in total. The van der Waals surface area contributed by atoms with Gasteiger partial charge in [0, 0.05) is 38.1 Å². The van der Waals surface area contributed by atoms with Crippen LogP contribution < -0.4 is 26.2 Å². The molecule has 0 spiro atoms. The summed E-state index contributed by atoms with van der Waals surface area (Å²) in [4.78, 5) is 55.8. The topological polar surface area (TPSA) is 271 Å². The van der Waals surface area contributed by atoms with Crippen LogP contribution in [-0.4, -0.2) is 130 Å². The summed E-state index contributed by atoms with van der Waals surface area (Å²) in [5.74, 6) is -0.0416. The second-order valence-corrected chi connectivity index (χ2v) is 15.0. The van der Waals surface area contributed by atoms with E-state index in [0.717, 1.165) is 21.6 Å². The van der Waals surface area contributed by atoms with E-state index in [2.05, 4.69) is 26.3 Å². The molecule has 2 aromatic heterocycles. The number of carbonyl (C=O) groups excluding carboxylic acids is 3. The lowest BCUT2D eigenvalue weighted by Crippen LogP contribution is -2.47. The molecule has 6 atom stereocenters. The van der Waals surface area contributed by atoms with Crippen molar-refractivity contribution in [3.8, 4) is 17.2 Å². The standard InChI is InChI=1S/C40H44N10O9/c51-19-29-37(57)50(40(59)45-29)31-15-30(33(55)34(31)56)49-20-43-32-35(41-17-28(22-4-8-25(52)9-5-22)23-6-10-26(53)11-7-23)46-38(47-36(32)49)48-13-12-24(18-48)44-39(58)42-16-21-2-1-3-27(54)14-21/h1-11,14,20,24,28-31,33-34,51-56H,12-13,15-19H2,(H,45,59)(H,41,46,47)(H2,42,44,58)/t24?,29?,30-,31+,33+,34-/m1/s1. The second kappa shape index (κ2) is 16.3. The number of aliphatic hydroxyl groups excluding tert-OH is 3. The fraction of sp³-hybridized carbons (Fsp3) is 0.350. The Kier molecular flexibility index (Phi) is 10.8. The van der Waals surface area contributed by atoms with Gasteiger partial charge in [-0.1, -0.05) is 36.4 Å². The number of aliphatic hydroxyl groups is 3. The van der Waals surface area contributed by atoms with Gasteiger partial charge in [-0.05, 0) is 65.9 Å². The van der Waals surface area contributed by atoms with Crippen LogP contribution >= 0.6 is 0 Å². The number of fused-ring (bicyclic) bond motifs is 1. The summed E-state index contributed by atoms with van der Waals surface area (Å²) in [6, 6.07) is 15.6. The number of nitrogens with zero attached hydrogens (tertiary/aromatic N) is 6. The van der Waals surface area contributed by atoms with Crippen molar-refractivity contribution >= 4 is 40.9 Å². The van der Waals surface area contributed by atoms with Crippen LogP contribution in [0.25, 0.3) is 11.2 Å². The predicted molar refractivity (Wildman–Crippen MR) is 212 cm³/mol. The molecule has 0 bridgehead atoms. The van der Waals surface area contributed by atoms with Gasteiger partial charge >= 0.3 is 12.1 Å². The Morgan fingerprint density at radius 3 is 2.25 bits per heavy atom. The van der Waals surface area contributed by atoms with Crippen molar-refractivity contribution in [3.05, 3.63) is 95.8 Å². The Morgan fingerprint density at radius 2 is 1.59 bits per heavy atom. The quantitative estimate of drug-likeness (QED) is 0.0795. The number of aromatic hydroxyl groups is 3. The van der Waals surface area contributed by atoms with Crippen molar-refractivity contribution in [3.63, 3.8) is 0 Å². The van der Waals surface area contributed by atoms with E-state index in [4.69, 9.17) is 9.97 Å². The number of nitrogens with one attached hydrogen (secondary N) is 4. The van der Waals surface area contributed by atoms with Crippen molar-refractivity contribution in [2.24, 2.45) is 0 Å². The third-order valence-corrected chi connectivity index (χ3v) is 11.2. The lowest BCUT2D eigenvalue weighted by molar-refractivity contribution is -0.131. The van der Waals surface area contributed by atoms with Crippen LogP contribution in [0.15, 0.2) is 79.1 Å². The number of aromatic nitrogens is 4. The molecule has 0 radical (unpaired) electrons. The van der Waals surface area contributed by atoms with Crippen LogP contribution in [-0.2, 0) is 11.3 Å². The molecule has 2 aliphatic heterocycles. The van der Waals surface area contributed by atoms with Crippen molar-refractivity contribution in [2.75, 3.05) is 36.5 Å². The van der Waals surface area contributed by atoms with Gasteiger partial charge in [0.15, 0.2) is 17.0 Å². The van der Waals surface area contributed by atoms with E-state index < -0.39 is 48.9 Å². The number of phenolic OH excluding ortho intramolecular Hbond substituents is 3. The van der Waals surface area contributed by atoms with Crippen LogP contribution in [0, 0.1) is 0 Å². The number of rotatable bonds is 12. The molecule has 1 aliphatic carbocycles. The SMILES string of the molecule is O=C(NCc1cccc(O)c1)NC1CCN(c2nc(NCC(c3ccc(O)cc3)c3ccc(O)cc3)c3ncn([C@@H]4C[C@H](N5C(=O)NC(CO)C5=O)[C@@H](O)[C@H]4O)c3n2)C1. The third-order valence-electron chi connectivity index (χ3n) is 11.2. The molecule has 19 nitrogen and oxygen atoms in total. The first-order chi connectivity index (χ1) is 28.5. The zero-order chi connectivity index (χ0) is 41.4. The van der Waals surface area contributed by atoms with Gasteiger partial charge in [-0.3, -0.25) is 9.69 Å². The van der Waals surface area contributed by atoms with Gasteiger partial charge in [-0.2, -0.15) is 9.97 Å². The smallest absolute Gasteiger partial charge is 0.325 e. The molecule has 3 fully saturated rings. The molecule has 3 aromatic carbocycles. The highest BCUT2D eigenvalue weighted by molar-refractivity contribution is 6.04. The number of amides is 5. The number of anilines is 2. The molecular formula is C40H44N10O9. The molecule has 5 aromatic rings. The summed E-state index contributed by atoms with van der Waals surface area (Å²) >= 11 is 0. The van der Waals surface area contributed by atoms with E-state index in [9.17, 15) is 45.0 Å². The Hall–Kier alpha value is -6.70. The summed E-state index contributed by atoms with van der Waals surface area (Å²) in [7, 11) is 0. The highest BCUT2D eigenvalue weighted by Gasteiger charge is 2.52. The number of phenols is 3. The Balaban J connectivity index is 1.09. The minimum Gasteiger partial charge on any atom is -0.508 e. The van der Waals surface area contributed by atoms with Crippen molar-refractivity contribution in [1.29, 1.82) is 0 Å². The average molecular weight is 809 g/mol. The maximum atomic E-state index is 13.0. The number of hydrogen-bond acceptors (Lipinski definition) is 14. The highest BCUT2D eigenvalue weighted by atomic mass is 16.3. The van der Waals surface area contributed by atoms with Crippen LogP contribution in [0.2, 0.25) is 0 Å². The first kappa shape index (κ1) is 39.1. The summed E-state index contributed by atoms with van der Waals surface area (Å²) in [6.45, 7) is 0.710. The highest BCUT2D eigenvalue weighted by Crippen LogP contribution is 2.38. The monoisotopic (exact) mass is 808 g/mol. The number of benzene rings is 3. The molecule has 308 valence electrons. The molecule has 5 amide bonds. The first-order valence-electron chi connectivity index (χ1n) is 19.2. The van der Waals surface area contributed by atoms with E-state index in [1.807, 2.05) is 4.90 Å². The number of imide groups is 1. The minimum atomic E-state index is -1.51. The summed E-state index contributed by atoms with van der Waals surface area (Å²) in [6.07, 6.45) is -0.952. The van der Waals surface area contributed by atoms with E-state index in [1.165, 1.54) is 6.33 Å². The van der Waals surface area contributed by atoms with Gasteiger partial charge < -0.3 is 61.4 Å². The summed E-state index contributed by atoms with van der Waals surface area (Å²) in [5.41, 5.74) is 3.10. The lowest BCUT2D eigenvalue weighted by atomic mass is 9.91. The fourth-order valence-electron chi connectivity index (χ4n) is 8.10. The average Bonchev–Trinajstić information content (AvgIpc) is 4.00. The lowest BCUT2D eigenvalue weighted by Gasteiger charge is -2.24. The zero-order valence-corrected chi connectivity index (χ0v) is 31.6. The fourth-order valence-corrected chi connectivity index (χ4v) is 8.10. The van der Waals surface area contributed by atoms with Crippen LogP contribution in [0.1, 0.15) is 41.5 Å². The van der Waals surface area contributed by atoms with Gasteiger partial charge in [0.2, 0.25) is 5.95 Å². The van der Waals surface area contributed by atoms with Crippen LogP contribution in [0.5, 0.6) is 17.2 Å². The second-order valence-electron chi connectivity index (χ2n) is 15.0. The minimum absolute atomic E-state index is 0.0373. The normalized spacial score (nSPS) is 23.0. The Bertz CT molecular complexity index is 2300. The first-order valence-corrected chi connectivity index (χ1v) is 19.2. The van der Waals surface area contributed by atoms with E-state index in [0.29, 0.717) is 42.4 Å². The molecule has 19 heteroatoms. The largest absolute Gasteiger partial charge is 0.508 e. The number of hydrogen-bond donors (Lipinski definition) is 10. The van der Waals surface area contributed by atoms with Crippen LogP contribution in [0.4, 0.5) is 21.4 Å². The molecule has 8 rings (SSSR count). The third kappa shape index (κ3) is 7.94. The van der Waals surface area contributed by atoms with Crippen molar-refractivity contribution < 1.29 is 45.0 Å². The van der Waals surface area contributed by atoms with E-state index in [-0.39, 0.29) is 54.7 Å². The maximum absolute atomic E-state index is 13.0. The number of imidazole rings is 1. The number of carbonyl (C=O) groups is 3. The maximum Gasteiger partial charge on any atom is 0.325 e. The van der Waals surface area contributed by atoms with Crippen LogP contribution in [0.3, 0.4) is 0 Å². The predicted octanol–water partition coefficient (Wildman–Crippen LogP) is 1.21. The number of urea groups is 2. The van der Waals surface area contributed by atoms with E-state index >= 15 is 0 Å². The molecular weight excluding hydrogens is 765 g/mol. The van der Waals surface area contributed by atoms with Crippen molar-refractivity contribution in [2.45, 2.75) is 61.7 Å².